The van der Waals surface area contributed by atoms with Crippen LogP contribution in [-0.4, -0.2) is 37.5 Å². The molecule has 20 heavy (non-hydrogen) atoms. The van der Waals surface area contributed by atoms with E-state index in [0.717, 1.165) is 6.42 Å². The molecule has 1 aromatic carbocycles. The third-order valence-corrected chi connectivity index (χ3v) is 5.13. The number of hydrogen-bond acceptors (Lipinski definition) is 3. The minimum atomic E-state index is -3.19. The van der Waals surface area contributed by atoms with Gasteiger partial charge in [-0.3, -0.25) is 4.79 Å². The molecule has 0 unspecified atom stereocenters. The van der Waals surface area contributed by atoms with Crippen molar-refractivity contribution in [1.29, 1.82) is 0 Å². The van der Waals surface area contributed by atoms with E-state index in [2.05, 4.69) is 5.32 Å². The van der Waals surface area contributed by atoms with E-state index in [4.69, 9.17) is 0 Å². The predicted octanol–water partition coefficient (Wildman–Crippen LogP) is 1.58. The van der Waals surface area contributed by atoms with Gasteiger partial charge in [-0.05, 0) is 37.1 Å². The molecule has 1 N–H and O–H groups in total. The fourth-order valence-electron chi connectivity index (χ4n) is 2.07. The quantitative estimate of drug-likeness (QED) is 0.918. The molecule has 1 aromatic rings. The Morgan fingerprint density at radius 3 is 2.60 bits per heavy atom. The van der Waals surface area contributed by atoms with Crippen LogP contribution in [-0.2, 0) is 14.8 Å². The van der Waals surface area contributed by atoms with E-state index in [1.54, 1.807) is 0 Å². The Labute approximate surface area is 117 Å². The number of carbonyl (C=O) groups excluding carboxylic acids is 1. The largest absolute Gasteiger partial charge is 0.326 e. The Bertz CT molecular complexity index is 572. The Kier molecular flexibility index (Phi) is 4.72. The van der Waals surface area contributed by atoms with Gasteiger partial charge in [-0.1, -0.05) is 0 Å². The SMILES string of the molecule is O=C(CCN1CCCCS1(=O)=O)Nc1ccc(F)cc1. The van der Waals surface area contributed by atoms with Crippen LogP contribution in [0.3, 0.4) is 0 Å². The molecular formula is C13H17FN2O3S. The molecule has 1 fully saturated rings. The van der Waals surface area contributed by atoms with Crippen LogP contribution in [0.15, 0.2) is 24.3 Å². The molecule has 5 nitrogen and oxygen atoms in total. The number of sulfonamides is 1. The van der Waals surface area contributed by atoms with Crippen LogP contribution in [0.2, 0.25) is 0 Å². The van der Waals surface area contributed by atoms with Crippen LogP contribution in [0.5, 0.6) is 0 Å². The summed E-state index contributed by atoms with van der Waals surface area (Å²) in [5.41, 5.74) is 0.498. The summed E-state index contributed by atoms with van der Waals surface area (Å²) in [6, 6.07) is 5.44. The van der Waals surface area contributed by atoms with Crippen LogP contribution in [0.25, 0.3) is 0 Å². The lowest BCUT2D eigenvalue weighted by atomic mass is 10.3. The summed E-state index contributed by atoms with van der Waals surface area (Å²) < 4.78 is 37.6. The Balaban J connectivity index is 1.84. The highest BCUT2D eigenvalue weighted by Gasteiger charge is 2.25. The van der Waals surface area contributed by atoms with Crippen molar-refractivity contribution in [2.75, 3.05) is 24.2 Å². The second kappa shape index (κ2) is 6.32. The van der Waals surface area contributed by atoms with Gasteiger partial charge >= 0.3 is 0 Å². The minimum Gasteiger partial charge on any atom is -0.326 e. The second-order valence-corrected chi connectivity index (χ2v) is 6.82. The third-order valence-electron chi connectivity index (χ3n) is 3.17. The molecule has 2 rings (SSSR count). The van der Waals surface area contributed by atoms with Gasteiger partial charge in [0.05, 0.1) is 5.75 Å². The molecule has 1 aliphatic rings. The fraction of sp³-hybridized carbons (Fsp3) is 0.462. The predicted molar refractivity (Wildman–Crippen MR) is 74.2 cm³/mol. The Morgan fingerprint density at radius 1 is 1.25 bits per heavy atom. The molecule has 0 bridgehead atoms. The van der Waals surface area contributed by atoms with E-state index in [1.807, 2.05) is 0 Å². The van der Waals surface area contributed by atoms with E-state index < -0.39 is 10.0 Å². The second-order valence-electron chi connectivity index (χ2n) is 4.73. The first-order valence-electron chi connectivity index (χ1n) is 6.51. The minimum absolute atomic E-state index is 0.0939. The van der Waals surface area contributed by atoms with Crippen molar-refractivity contribution in [2.24, 2.45) is 0 Å². The lowest BCUT2D eigenvalue weighted by molar-refractivity contribution is -0.116. The van der Waals surface area contributed by atoms with Gasteiger partial charge in [0.25, 0.3) is 0 Å². The van der Waals surface area contributed by atoms with Gasteiger partial charge in [0.15, 0.2) is 0 Å². The van der Waals surface area contributed by atoms with Crippen molar-refractivity contribution < 1.29 is 17.6 Å². The van der Waals surface area contributed by atoms with E-state index in [1.165, 1.54) is 28.6 Å². The van der Waals surface area contributed by atoms with Gasteiger partial charge < -0.3 is 5.32 Å². The van der Waals surface area contributed by atoms with Gasteiger partial charge in [0.1, 0.15) is 5.82 Å². The summed E-state index contributed by atoms with van der Waals surface area (Å²) in [6.45, 7) is 0.668. The van der Waals surface area contributed by atoms with Gasteiger partial charge in [0, 0.05) is 25.2 Å². The highest BCUT2D eigenvalue weighted by molar-refractivity contribution is 7.89. The van der Waals surface area contributed by atoms with Crippen molar-refractivity contribution >= 4 is 21.6 Å². The molecule has 1 heterocycles. The van der Waals surface area contributed by atoms with Crippen LogP contribution < -0.4 is 5.32 Å². The maximum absolute atomic E-state index is 12.7. The van der Waals surface area contributed by atoms with Crippen molar-refractivity contribution in [2.45, 2.75) is 19.3 Å². The lowest BCUT2D eigenvalue weighted by Gasteiger charge is -2.25. The average Bonchev–Trinajstić information content (AvgIpc) is 2.40. The standard InChI is InChI=1S/C13H17FN2O3S/c14-11-3-5-12(6-4-11)15-13(17)7-9-16-8-1-2-10-20(16,18)19/h3-6H,1-2,7-10H2,(H,15,17). The maximum Gasteiger partial charge on any atom is 0.225 e. The molecule has 0 spiro atoms. The molecule has 1 amide bonds. The number of amides is 1. The van der Waals surface area contributed by atoms with Crippen LogP contribution in [0.4, 0.5) is 10.1 Å². The van der Waals surface area contributed by atoms with E-state index in [0.29, 0.717) is 18.7 Å². The number of benzene rings is 1. The molecule has 7 heteroatoms. The summed E-state index contributed by atoms with van der Waals surface area (Å²) in [4.78, 5) is 11.7. The number of nitrogens with one attached hydrogen (secondary N) is 1. The smallest absolute Gasteiger partial charge is 0.225 e. The van der Waals surface area contributed by atoms with Crippen LogP contribution in [0, 0.1) is 5.82 Å². The number of rotatable bonds is 4. The lowest BCUT2D eigenvalue weighted by Crippen LogP contribution is -2.39. The first kappa shape index (κ1) is 14.9. The number of carbonyl (C=O) groups is 1. The van der Waals surface area contributed by atoms with Gasteiger partial charge in [0.2, 0.25) is 15.9 Å². The summed E-state index contributed by atoms with van der Waals surface area (Å²) in [5.74, 6) is -0.494. The molecule has 1 aliphatic heterocycles. The van der Waals surface area contributed by atoms with Gasteiger partial charge in [-0.2, -0.15) is 0 Å². The first-order valence-corrected chi connectivity index (χ1v) is 8.11. The molecule has 0 aliphatic carbocycles. The summed E-state index contributed by atoms with van der Waals surface area (Å²) in [5, 5.41) is 2.61. The third kappa shape index (κ3) is 4.01. The van der Waals surface area contributed by atoms with Crippen LogP contribution >= 0.6 is 0 Å². The summed E-state index contributed by atoms with van der Waals surface area (Å²) >= 11 is 0. The van der Waals surface area contributed by atoms with Crippen molar-refractivity contribution in [3.05, 3.63) is 30.1 Å². The number of nitrogens with zero attached hydrogens (tertiary/aromatic N) is 1. The topological polar surface area (TPSA) is 66.5 Å². The maximum atomic E-state index is 12.7. The number of anilines is 1. The molecule has 0 radical (unpaired) electrons. The first-order chi connectivity index (χ1) is 9.47. The average molecular weight is 300 g/mol. The molecule has 110 valence electrons. The highest BCUT2D eigenvalue weighted by atomic mass is 32.2. The molecule has 0 saturated carbocycles. The van der Waals surface area contributed by atoms with E-state index in [9.17, 15) is 17.6 Å². The van der Waals surface area contributed by atoms with E-state index >= 15 is 0 Å². The Hall–Kier alpha value is -1.47. The monoisotopic (exact) mass is 300 g/mol. The Morgan fingerprint density at radius 2 is 1.95 bits per heavy atom. The zero-order valence-corrected chi connectivity index (χ0v) is 11.8. The van der Waals surface area contributed by atoms with Gasteiger partial charge in [-0.15, -0.1) is 0 Å². The molecule has 0 atom stereocenters. The fourth-order valence-corrected chi connectivity index (χ4v) is 3.68. The summed E-state index contributed by atoms with van der Waals surface area (Å²) in [7, 11) is -3.19. The highest BCUT2D eigenvalue weighted by Crippen LogP contribution is 2.14. The zero-order chi connectivity index (χ0) is 14.6. The van der Waals surface area contributed by atoms with E-state index in [-0.39, 0.29) is 30.4 Å². The zero-order valence-electron chi connectivity index (χ0n) is 11.0. The summed E-state index contributed by atoms with van der Waals surface area (Å²) in [6.07, 6.45) is 1.61. The molecule has 1 saturated heterocycles. The number of hydrogen-bond donors (Lipinski definition) is 1. The molecular weight excluding hydrogens is 283 g/mol. The van der Waals surface area contributed by atoms with Crippen molar-refractivity contribution in [3.63, 3.8) is 0 Å². The normalized spacial score (nSPS) is 18.6. The van der Waals surface area contributed by atoms with Gasteiger partial charge in [-0.25, -0.2) is 17.1 Å². The van der Waals surface area contributed by atoms with Crippen molar-refractivity contribution in [3.8, 4) is 0 Å². The van der Waals surface area contributed by atoms with Crippen LogP contribution in [0.1, 0.15) is 19.3 Å². The number of halogens is 1. The van der Waals surface area contributed by atoms with Crippen molar-refractivity contribution in [1.82, 2.24) is 4.31 Å². The molecule has 0 aromatic heterocycles.